The van der Waals surface area contributed by atoms with Crippen molar-refractivity contribution in [1.82, 2.24) is 25.3 Å². The molecule has 3 atom stereocenters. The van der Waals surface area contributed by atoms with E-state index in [9.17, 15) is 0 Å². The molecule has 1 saturated heterocycles. The maximum Gasteiger partial charge on any atom is 0.103 e. The Bertz CT molecular complexity index is 799. The van der Waals surface area contributed by atoms with Crippen molar-refractivity contribution >= 4 is 0 Å². The van der Waals surface area contributed by atoms with Crippen LogP contribution in [0.4, 0.5) is 0 Å². The molecule has 0 spiro atoms. The molecule has 6 heteroatoms. The zero-order chi connectivity index (χ0) is 17.8. The third-order valence-electron chi connectivity index (χ3n) is 5.08. The Balaban J connectivity index is 1.44. The molecule has 1 aromatic carbocycles. The fraction of sp³-hybridized carbons (Fsp3) is 0.400. The van der Waals surface area contributed by atoms with Crippen molar-refractivity contribution in [2.45, 2.75) is 31.9 Å². The van der Waals surface area contributed by atoms with Gasteiger partial charge in [0.25, 0.3) is 0 Å². The molecule has 3 aromatic rings. The van der Waals surface area contributed by atoms with Crippen LogP contribution in [-0.4, -0.2) is 33.1 Å². The van der Waals surface area contributed by atoms with E-state index in [4.69, 9.17) is 4.74 Å². The van der Waals surface area contributed by atoms with Crippen LogP contribution in [0.3, 0.4) is 0 Å². The van der Waals surface area contributed by atoms with Gasteiger partial charge >= 0.3 is 0 Å². The first kappa shape index (κ1) is 17.0. The van der Waals surface area contributed by atoms with Crippen LogP contribution in [-0.2, 0) is 4.74 Å². The van der Waals surface area contributed by atoms with Crippen molar-refractivity contribution in [3.05, 3.63) is 66.2 Å². The normalized spacial score (nSPS) is 21.6. The molecular formula is C20H25N5O. The van der Waals surface area contributed by atoms with Crippen LogP contribution >= 0.6 is 0 Å². The second-order valence-electron chi connectivity index (χ2n) is 6.84. The molecule has 0 bridgehead atoms. The maximum absolute atomic E-state index is 6.02. The second kappa shape index (κ2) is 7.85. The van der Waals surface area contributed by atoms with Gasteiger partial charge in [-0.3, -0.25) is 5.10 Å². The molecule has 1 fully saturated rings. The van der Waals surface area contributed by atoms with Crippen LogP contribution in [0.15, 0.2) is 54.9 Å². The third kappa shape index (κ3) is 3.57. The van der Waals surface area contributed by atoms with Crippen molar-refractivity contribution in [3.8, 4) is 5.69 Å². The second-order valence-corrected chi connectivity index (χ2v) is 6.84. The van der Waals surface area contributed by atoms with Crippen LogP contribution in [0.5, 0.6) is 0 Å². The first-order chi connectivity index (χ1) is 12.8. The lowest BCUT2D eigenvalue weighted by Gasteiger charge is -2.32. The molecule has 136 valence electrons. The summed E-state index contributed by atoms with van der Waals surface area (Å²) in [5.41, 5.74) is 3.31. The number of nitrogens with one attached hydrogen (secondary N) is 2. The van der Waals surface area contributed by atoms with Gasteiger partial charge in [-0.1, -0.05) is 18.2 Å². The van der Waals surface area contributed by atoms with Gasteiger partial charge in [0.2, 0.25) is 0 Å². The summed E-state index contributed by atoms with van der Waals surface area (Å²) in [4.78, 5) is 0. The molecular weight excluding hydrogens is 326 g/mol. The standard InChI is InChI=1S/C20H25N5O/c1-15(19-10-12-23-25(19)17-7-3-2-4-8-17)21-14-16-6-5-13-26-20(16)18-9-11-22-24-18/h2-4,7-12,15-16,20-21H,5-6,13-14H2,1H3,(H,22,24)/t15?,16-,20+/m0/s1. The van der Waals surface area contributed by atoms with Crippen LogP contribution in [0.25, 0.3) is 5.69 Å². The minimum Gasteiger partial charge on any atom is -0.372 e. The molecule has 4 rings (SSSR count). The minimum absolute atomic E-state index is 0.0879. The number of aromatic amines is 1. The molecule has 0 radical (unpaired) electrons. The fourth-order valence-electron chi connectivity index (χ4n) is 3.68. The number of H-pyrrole nitrogens is 1. The molecule has 1 unspecified atom stereocenters. The van der Waals surface area contributed by atoms with Gasteiger partial charge < -0.3 is 10.1 Å². The quantitative estimate of drug-likeness (QED) is 0.714. The SMILES string of the molecule is CC(NC[C@@H]1CCCO[C@H]1c1ccn[nH]1)c1ccnn1-c1ccccc1. The summed E-state index contributed by atoms with van der Waals surface area (Å²) < 4.78 is 8.02. The number of aromatic nitrogens is 4. The molecule has 6 nitrogen and oxygen atoms in total. The van der Waals surface area contributed by atoms with Gasteiger partial charge in [-0.25, -0.2) is 4.68 Å². The van der Waals surface area contributed by atoms with Gasteiger partial charge in [0, 0.05) is 37.5 Å². The van der Waals surface area contributed by atoms with Crippen LogP contribution < -0.4 is 5.32 Å². The van der Waals surface area contributed by atoms with Crippen LogP contribution in [0, 0.1) is 5.92 Å². The van der Waals surface area contributed by atoms with Gasteiger partial charge in [-0.2, -0.15) is 10.2 Å². The van der Waals surface area contributed by atoms with Gasteiger partial charge in [0.05, 0.1) is 17.1 Å². The number of rotatable bonds is 6. The zero-order valence-corrected chi connectivity index (χ0v) is 15.0. The zero-order valence-electron chi connectivity index (χ0n) is 15.0. The Labute approximate surface area is 153 Å². The average molecular weight is 351 g/mol. The van der Waals surface area contributed by atoms with Crippen molar-refractivity contribution in [1.29, 1.82) is 0 Å². The number of ether oxygens (including phenoxy) is 1. The van der Waals surface area contributed by atoms with Crippen molar-refractivity contribution in [2.24, 2.45) is 5.92 Å². The lowest BCUT2D eigenvalue weighted by molar-refractivity contribution is -0.0309. The Kier molecular flexibility index (Phi) is 5.13. The molecule has 1 aliphatic rings. The monoisotopic (exact) mass is 351 g/mol. The predicted octanol–water partition coefficient (Wildman–Crippen LogP) is 3.41. The lowest BCUT2D eigenvalue weighted by atomic mass is 9.92. The van der Waals surface area contributed by atoms with E-state index in [1.807, 2.05) is 35.1 Å². The summed E-state index contributed by atoms with van der Waals surface area (Å²) in [5.74, 6) is 0.430. The Morgan fingerprint density at radius 1 is 1.23 bits per heavy atom. The van der Waals surface area contributed by atoms with Crippen LogP contribution in [0.2, 0.25) is 0 Å². The topological polar surface area (TPSA) is 67.8 Å². The highest BCUT2D eigenvalue weighted by Crippen LogP contribution is 2.32. The molecule has 0 amide bonds. The van der Waals surface area contributed by atoms with E-state index < -0.39 is 0 Å². The van der Waals surface area contributed by atoms with Gasteiger partial charge in [0.15, 0.2) is 0 Å². The van der Waals surface area contributed by atoms with E-state index in [1.54, 1.807) is 6.20 Å². The molecule has 26 heavy (non-hydrogen) atoms. The third-order valence-corrected chi connectivity index (χ3v) is 5.08. The molecule has 2 aromatic heterocycles. The summed E-state index contributed by atoms with van der Waals surface area (Å²) >= 11 is 0. The predicted molar refractivity (Wildman–Crippen MR) is 100.0 cm³/mol. The van der Waals surface area contributed by atoms with E-state index >= 15 is 0 Å². The highest BCUT2D eigenvalue weighted by atomic mass is 16.5. The first-order valence-corrected chi connectivity index (χ1v) is 9.26. The Morgan fingerprint density at radius 3 is 2.92 bits per heavy atom. The van der Waals surface area contributed by atoms with Crippen molar-refractivity contribution in [2.75, 3.05) is 13.2 Å². The van der Waals surface area contributed by atoms with Gasteiger partial charge in [-0.05, 0) is 44.0 Å². The highest BCUT2D eigenvalue weighted by molar-refractivity contribution is 5.33. The number of benzene rings is 1. The molecule has 3 heterocycles. The summed E-state index contributed by atoms with van der Waals surface area (Å²) in [6.07, 6.45) is 6.00. The average Bonchev–Trinajstić information content (AvgIpc) is 3.39. The maximum atomic E-state index is 6.02. The molecule has 2 N–H and O–H groups in total. The Morgan fingerprint density at radius 2 is 2.12 bits per heavy atom. The number of nitrogens with zero attached hydrogens (tertiary/aromatic N) is 3. The highest BCUT2D eigenvalue weighted by Gasteiger charge is 2.29. The van der Waals surface area contributed by atoms with E-state index in [0.717, 1.165) is 43.1 Å². The van der Waals surface area contributed by atoms with Crippen LogP contribution in [0.1, 0.15) is 43.3 Å². The fourth-order valence-corrected chi connectivity index (χ4v) is 3.68. The minimum atomic E-state index is 0.0879. The molecule has 1 aliphatic heterocycles. The number of hydrogen-bond acceptors (Lipinski definition) is 4. The summed E-state index contributed by atoms with van der Waals surface area (Å²) in [6, 6.07) is 14.5. The van der Waals surface area contributed by atoms with E-state index in [0.29, 0.717) is 5.92 Å². The Hall–Kier alpha value is -2.44. The smallest absolute Gasteiger partial charge is 0.103 e. The van der Waals surface area contributed by atoms with Crippen molar-refractivity contribution in [3.63, 3.8) is 0 Å². The summed E-state index contributed by atoms with van der Waals surface area (Å²) in [6.45, 7) is 3.90. The summed E-state index contributed by atoms with van der Waals surface area (Å²) in [7, 11) is 0. The summed E-state index contributed by atoms with van der Waals surface area (Å²) in [5, 5.41) is 15.3. The number of hydrogen-bond donors (Lipinski definition) is 2. The van der Waals surface area contributed by atoms with Gasteiger partial charge in [0.1, 0.15) is 6.10 Å². The molecule has 0 aliphatic carbocycles. The lowest BCUT2D eigenvalue weighted by Crippen LogP contribution is -2.34. The number of para-hydroxylation sites is 1. The first-order valence-electron chi connectivity index (χ1n) is 9.26. The molecule has 0 saturated carbocycles. The van der Waals surface area contributed by atoms with E-state index in [-0.39, 0.29) is 12.1 Å². The van der Waals surface area contributed by atoms with Gasteiger partial charge in [-0.15, -0.1) is 0 Å². The van der Waals surface area contributed by atoms with E-state index in [1.165, 1.54) is 0 Å². The van der Waals surface area contributed by atoms with E-state index in [2.05, 4.69) is 45.7 Å². The largest absolute Gasteiger partial charge is 0.372 e. The van der Waals surface area contributed by atoms with Crippen molar-refractivity contribution < 1.29 is 4.74 Å².